The summed E-state index contributed by atoms with van der Waals surface area (Å²) >= 11 is 0. The van der Waals surface area contributed by atoms with Crippen LogP contribution in [0.15, 0.2) is 44.8 Å². The zero-order valence-electron chi connectivity index (χ0n) is 19.6. The predicted octanol–water partition coefficient (Wildman–Crippen LogP) is 2.91. The number of aryl methyl sites for hydroxylation is 4. The standard InChI is InChI=1S/C25H30N4O4S/c1-27-22-15-20(26-34(32,33)19-11-10-17-8-4-5-9-18(17)14-19)21(29-12-6-3-7-13-29)16-23(22)28(2)25(31)24(27)30/h10-11,14-16,26H,3-9,12-13H2,1-2H3. The smallest absolute Gasteiger partial charge is 0.316 e. The first kappa shape index (κ1) is 22.7. The molecule has 1 aliphatic heterocycles. The monoisotopic (exact) mass is 482 g/mol. The third-order valence-corrected chi connectivity index (χ3v) is 8.54. The minimum absolute atomic E-state index is 0.243. The number of rotatable bonds is 4. The van der Waals surface area contributed by atoms with Crippen molar-refractivity contribution in [2.45, 2.75) is 49.8 Å². The van der Waals surface area contributed by atoms with E-state index in [9.17, 15) is 18.0 Å². The van der Waals surface area contributed by atoms with Gasteiger partial charge in [0, 0.05) is 27.2 Å². The van der Waals surface area contributed by atoms with E-state index in [1.165, 1.54) is 21.7 Å². The second kappa shape index (κ2) is 8.61. The lowest BCUT2D eigenvalue weighted by atomic mass is 9.92. The topological polar surface area (TPSA) is 93.4 Å². The Morgan fingerprint density at radius 1 is 0.765 bits per heavy atom. The normalized spacial score (nSPS) is 16.5. The van der Waals surface area contributed by atoms with Crippen LogP contribution in [0.4, 0.5) is 11.4 Å². The molecular formula is C25H30N4O4S. The van der Waals surface area contributed by atoms with Crippen LogP contribution >= 0.6 is 0 Å². The van der Waals surface area contributed by atoms with Crippen molar-refractivity contribution >= 4 is 32.4 Å². The Hall–Kier alpha value is -3.07. The molecule has 2 aromatic carbocycles. The van der Waals surface area contributed by atoms with E-state index < -0.39 is 21.1 Å². The van der Waals surface area contributed by atoms with Crippen molar-refractivity contribution in [2.24, 2.45) is 14.1 Å². The fourth-order valence-corrected chi connectivity index (χ4v) is 6.28. The molecule has 5 rings (SSSR count). The summed E-state index contributed by atoms with van der Waals surface area (Å²) in [6.07, 6.45) is 7.24. The highest BCUT2D eigenvalue weighted by Crippen LogP contribution is 2.34. The van der Waals surface area contributed by atoms with E-state index in [2.05, 4.69) is 9.62 Å². The van der Waals surface area contributed by atoms with E-state index in [4.69, 9.17) is 0 Å². The lowest BCUT2D eigenvalue weighted by molar-refractivity contribution is 0.578. The average Bonchev–Trinajstić information content (AvgIpc) is 2.86. The number of aromatic nitrogens is 2. The summed E-state index contributed by atoms with van der Waals surface area (Å²) in [5.74, 6) is 0. The maximum Gasteiger partial charge on any atom is 0.316 e. The molecule has 3 aromatic rings. The molecule has 180 valence electrons. The highest BCUT2D eigenvalue weighted by molar-refractivity contribution is 7.92. The molecule has 0 spiro atoms. The van der Waals surface area contributed by atoms with Crippen molar-refractivity contribution in [3.05, 3.63) is 62.2 Å². The van der Waals surface area contributed by atoms with E-state index in [0.717, 1.165) is 69.3 Å². The molecule has 0 bridgehead atoms. The molecule has 1 saturated heterocycles. The number of sulfonamides is 1. The number of hydrogen-bond donors (Lipinski definition) is 1. The molecular weight excluding hydrogens is 452 g/mol. The van der Waals surface area contributed by atoms with Gasteiger partial charge in [-0.2, -0.15) is 0 Å². The van der Waals surface area contributed by atoms with Crippen molar-refractivity contribution in [3.63, 3.8) is 0 Å². The third-order valence-electron chi connectivity index (χ3n) is 7.18. The Morgan fingerprint density at radius 2 is 1.38 bits per heavy atom. The fourth-order valence-electron chi connectivity index (χ4n) is 5.17. The second-order valence-corrected chi connectivity index (χ2v) is 11.1. The van der Waals surface area contributed by atoms with Gasteiger partial charge in [0.15, 0.2) is 0 Å². The summed E-state index contributed by atoms with van der Waals surface area (Å²) in [6.45, 7) is 1.61. The quantitative estimate of drug-likeness (QED) is 0.577. The zero-order chi connectivity index (χ0) is 24.0. The van der Waals surface area contributed by atoms with Gasteiger partial charge in [-0.25, -0.2) is 8.42 Å². The van der Waals surface area contributed by atoms with Crippen molar-refractivity contribution in [2.75, 3.05) is 22.7 Å². The summed E-state index contributed by atoms with van der Waals surface area (Å²) in [4.78, 5) is 27.2. The lowest BCUT2D eigenvalue weighted by Gasteiger charge is -2.31. The Labute approximate surface area is 198 Å². The SMILES string of the molecule is Cn1c(=O)c(=O)n(C)c2cc(N3CCCCC3)c(NS(=O)(=O)c3ccc4c(c3)CCCC4)cc21. The molecule has 1 aromatic heterocycles. The van der Waals surface area contributed by atoms with Gasteiger partial charge in [-0.15, -0.1) is 0 Å². The first-order valence-corrected chi connectivity index (χ1v) is 13.4. The number of piperidine rings is 1. The van der Waals surface area contributed by atoms with Crippen LogP contribution in [0.1, 0.15) is 43.2 Å². The highest BCUT2D eigenvalue weighted by Gasteiger charge is 2.23. The van der Waals surface area contributed by atoms with Crippen LogP contribution in [-0.4, -0.2) is 30.6 Å². The van der Waals surface area contributed by atoms with Crippen LogP contribution in [0, 0.1) is 0 Å². The third kappa shape index (κ3) is 3.91. The van der Waals surface area contributed by atoms with Gasteiger partial charge >= 0.3 is 11.1 Å². The minimum Gasteiger partial charge on any atom is -0.370 e. The number of benzene rings is 2. The first-order chi connectivity index (χ1) is 16.3. The van der Waals surface area contributed by atoms with E-state index in [1.54, 1.807) is 25.2 Å². The summed E-state index contributed by atoms with van der Waals surface area (Å²) in [6, 6.07) is 8.89. The van der Waals surface area contributed by atoms with E-state index in [-0.39, 0.29) is 4.90 Å². The fraction of sp³-hybridized carbons (Fsp3) is 0.440. The summed E-state index contributed by atoms with van der Waals surface area (Å²) < 4.78 is 32.4. The number of nitrogens with zero attached hydrogens (tertiary/aromatic N) is 3. The Kier molecular flexibility index (Phi) is 5.75. The Morgan fingerprint density at radius 3 is 2.06 bits per heavy atom. The Bertz CT molecular complexity index is 1500. The first-order valence-electron chi connectivity index (χ1n) is 11.9. The number of anilines is 2. The molecule has 0 unspecified atom stereocenters. The van der Waals surface area contributed by atoms with Crippen molar-refractivity contribution in [1.29, 1.82) is 0 Å². The van der Waals surface area contributed by atoms with E-state index in [1.807, 2.05) is 12.1 Å². The molecule has 34 heavy (non-hydrogen) atoms. The van der Waals surface area contributed by atoms with Crippen LogP contribution in [-0.2, 0) is 37.0 Å². The number of hydrogen-bond acceptors (Lipinski definition) is 5. The average molecular weight is 483 g/mol. The molecule has 1 N–H and O–H groups in total. The van der Waals surface area contributed by atoms with Gasteiger partial charge in [-0.1, -0.05) is 6.07 Å². The highest BCUT2D eigenvalue weighted by atomic mass is 32.2. The van der Waals surface area contributed by atoms with Crippen LogP contribution in [0.25, 0.3) is 11.0 Å². The van der Waals surface area contributed by atoms with Gasteiger partial charge in [-0.05, 0) is 80.3 Å². The minimum atomic E-state index is -3.85. The van der Waals surface area contributed by atoms with Crippen LogP contribution in [0.5, 0.6) is 0 Å². The van der Waals surface area contributed by atoms with Crippen molar-refractivity contribution < 1.29 is 8.42 Å². The van der Waals surface area contributed by atoms with Gasteiger partial charge in [-0.3, -0.25) is 14.3 Å². The van der Waals surface area contributed by atoms with Crippen LogP contribution in [0.3, 0.4) is 0 Å². The molecule has 0 saturated carbocycles. The maximum atomic E-state index is 13.5. The second-order valence-electron chi connectivity index (χ2n) is 9.38. The molecule has 2 heterocycles. The molecule has 0 atom stereocenters. The van der Waals surface area contributed by atoms with E-state index >= 15 is 0 Å². The number of nitrogens with one attached hydrogen (secondary N) is 1. The molecule has 8 nitrogen and oxygen atoms in total. The van der Waals surface area contributed by atoms with Gasteiger partial charge in [0.25, 0.3) is 10.0 Å². The van der Waals surface area contributed by atoms with E-state index in [0.29, 0.717) is 16.7 Å². The van der Waals surface area contributed by atoms with Gasteiger partial charge in [0.2, 0.25) is 0 Å². The number of fused-ring (bicyclic) bond motifs is 2. The molecule has 1 aliphatic carbocycles. The summed E-state index contributed by atoms with van der Waals surface area (Å²) in [7, 11) is -0.742. The van der Waals surface area contributed by atoms with Gasteiger partial charge < -0.3 is 14.0 Å². The Balaban J connectivity index is 1.65. The zero-order valence-corrected chi connectivity index (χ0v) is 20.5. The van der Waals surface area contributed by atoms with Gasteiger partial charge in [0.1, 0.15) is 0 Å². The van der Waals surface area contributed by atoms with Crippen molar-refractivity contribution in [3.8, 4) is 0 Å². The largest absolute Gasteiger partial charge is 0.370 e. The predicted molar refractivity (Wildman–Crippen MR) is 134 cm³/mol. The van der Waals surface area contributed by atoms with Crippen LogP contribution < -0.4 is 20.7 Å². The maximum absolute atomic E-state index is 13.5. The molecule has 0 radical (unpaired) electrons. The summed E-state index contributed by atoms with van der Waals surface area (Å²) in [5.41, 5.74) is 3.29. The van der Waals surface area contributed by atoms with Gasteiger partial charge in [0.05, 0.1) is 27.3 Å². The molecule has 9 heteroatoms. The van der Waals surface area contributed by atoms with Crippen LogP contribution in [0.2, 0.25) is 0 Å². The molecule has 0 amide bonds. The summed E-state index contributed by atoms with van der Waals surface area (Å²) in [5, 5.41) is 0. The molecule has 1 fully saturated rings. The molecule has 2 aliphatic rings. The lowest BCUT2D eigenvalue weighted by Crippen LogP contribution is -2.39. The van der Waals surface area contributed by atoms with Crippen molar-refractivity contribution in [1.82, 2.24) is 9.13 Å².